The van der Waals surface area contributed by atoms with Gasteiger partial charge in [-0.05, 0) is 42.0 Å². The molecule has 8 heteroatoms. The maximum Gasteiger partial charge on any atom is 0.329 e. The number of nitrogens with one attached hydrogen (secondary N) is 3. The lowest BCUT2D eigenvalue weighted by atomic mass is 10.2. The van der Waals surface area contributed by atoms with E-state index in [1.165, 1.54) is 49.5 Å². The number of benzene rings is 2. The van der Waals surface area contributed by atoms with Gasteiger partial charge < -0.3 is 10.6 Å². The lowest BCUT2D eigenvalue weighted by Crippen LogP contribution is -2.32. The molecule has 0 saturated heterocycles. The number of halogens is 1. The van der Waals surface area contributed by atoms with Crippen molar-refractivity contribution < 1.29 is 18.8 Å². The smallest absolute Gasteiger partial charge is 0.326 e. The van der Waals surface area contributed by atoms with Crippen molar-refractivity contribution in [1.82, 2.24) is 5.43 Å². The number of rotatable bonds is 4. The van der Waals surface area contributed by atoms with Gasteiger partial charge in [0, 0.05) is 18.3 Å². The van der Waals surface area contributed by atoms with E-state index < -0.39 is 11.8 Å². The highest BCUT2D eigenvalue weighted by molar-refractivity contribution is 6.39. The van der Waals surface area contributed by atoms with Gasteiger partial charge in [-0.25, -0.2) is 9.82 Å². The first-order valence-corrected chi connectivity index (χ1v) is 7.21. The largest absolute Gasteiger partial charge is 0.329 e. The molecule has 0 saturated carbocycles. The third-order valence-corrected chi connectivity index (χ3v) is 2.92. The fourth-order valence-electron chi connectivity index (χ4n) is 1.79. The van der Waals surface area contributed by atoms with Gasteiger partial charge in [-0.1, -0.05) is 12.1 Å². The van der Waals surface area contributed by atoms with Crippen LogP contribution in [0.15, 0.2) is 53.6 Å². The first-order valence-electron chi connectivity index (χ1n) is 7.21. The van der Waals surface area contributed by atoms with Crippen LogP contribution in [0.1, 0.15) is 12.5 Å². The number of amides is 3. The molecule has 0 radical (unpaired) electrons. The fraction of sp³-hybridized carbons (Fsp3) is 0.0588. The molecule has 2 aromatic rings. The van der Waals surface area contributed by atoms with Crippen molar-refractivity contribution >= 4 is 35.3 Å². The number of hydrazone groups is 1. The second-order valence-electron chi connectivity index (χ2n) is 4.96. The molecule has 0 unspecified atom stereocenters. The van der Waals surface area contributed by atoms with E-state index in [0.29, 0.717) is 16.9 Å². The summed E-state index contributed by atoms with van der Waals surface area (Å²) in [5, 5.41) is 8.60. The molecule has 7 nitrogen and oxygen atoms in total. The third-order valence-electron chi connectivity index (χ3n) is 2.92. The predicted octanol–water partition coefficient (Wildman–Crippen LogP) is 1.87. The Morgan fingerprint density at radius 3 is 2.00 bits per heavy atom. The minimum Gasteiger partial charge on any atom is -0.326 e. The highest BCUT2D eigenvalue weighted by Gasteiger charge is 2.12. The summed E-state index contributed by atoms with van der Waals surface area (Å²) in [5.41, 5.74) is 3.59. The van der Waals surface area contributed by atoms with Gasteiger partial charge in [0.2, 0.25) is 5.91 Å². The van der Waals surface area contributed by atoms with Crippen LogP contribution in [-0.4, -0.2) is 23.9 Å². The van der Waals surface area contributed by atoms with E-state index >= 15 is 0 Å². The molecule has 2 aromatic carbocycles. The number of anilines is 2. The van der Waals surface area contributed by atoms with Gasteiger partial charge in [0.05, 0.1) is 6.21 Å². The average molecular weight is 342 g/mol. The van der Waals surface area contributed by atoms with E-state index in [9.17, 15) is 18.8 Å². The summed E-state index contributed by atoms with van der Waals surface area (Å²) in [6.07, 6.45) is 1.28. The molecular formula is C17H15FN4O3. The van der Waals surface area contributed by atoms with Crippen LogP contribution in [0.4, 0.5) is 15.8 Å². The zero-order valence-corrected chi connectivity index (χ0v) is 13.2. The number of carbonyl (C=O) groups is 3. The molecule has 3 amide bonds. The van der Waals surface area contributed by atoms with Crippen LogP contribution in [0, 0.1) is 5.82 Å². The average Bonchev–Trinajstić information content (AvgIpc) is 2.58. The SMILES string of the molecule is CC(=O)Nc1ccc(NC(=O)C(=O)N/N=C/c2ccc(F)cc2)cc1. The summed E-state index contributed by atoms with van der Waals surface area (Å²) < 4.78 is 12.7. The van der Waals surface area contributed by atoms with Crippen molar-refractivity contribution in [2.75, 3.05) is 10.6 Å². The molecule has 2 rings (SSSR count). The second kappa shape index (κ2) is 8.34. The molecule has 0 bridgehead atoms. The molecular weight excluding hydrogens is 327 g/mol. The lowest BCUT2D eigenvalue weighted by Gasteiger charge is -2.06. The Hall–Kier alpha value is -3.55. The summed E-state index contributed by atoms with van der Waals surface area (Å²) >= 11 is 0. The van der Waals surface area contributed by atoms with Gasteiger partial charge >= 0.3 is 11.8 Å². The zero-order valence-electron chi connectivity index (χ0n) is 13.2. The van der Waals surface area contributed by atoms with Crippen LogP contribution in [0.25, 0.3) is 0 Å². The summed E-state index contributed by atoms with van der Waals surface area (Å²) in [7, 11) is 0. The Morgan fingerprint density at radius 1 is 0.880 bits per heavy atom. The molecule has 0 aliphatic rings. The minimum atomic E-state index is -0.954. The van der Waals surface area contributed by atoms with Crippen molar-refractivity contribution in [1.29, 1.82) is 0 Å². The molecule has 0 atom stereocenters. The number of carbonyl (C=O) groups excluding carboxylic acids is 3. The summed E-state index contributed by atoms with van der Waals surface area (Å²) in [5.74, 6) is -2.45. The maximum absolute atomic E-state index is 12.7. The maximum atomic E-state index is 12.7. The Kier molecular flexibility index (Phi) is 5.94. The van der Waals surface area contributed by atoms with E-state index in [1.54, 1.807) is 12.1 Å². The lowest BCUT2D eigenvalue weighted by molar-refractivity contribution is -0.136. The molecule has 25 heavy (non-hydrogen) atoms. The normalized spacial score (nSPS) is 10.3. The molecule has 0 heterocycles. The Morgan fingerprint density at radius 2 is 1.44 bits per heavy atom. The Balaban J connectivity index is 1.86. The molecule has 0 fully saturated rings. The summed E-state index contributed by atoms with van der Waals surface area (Å²) in [6, 6.07) is 11.7. The monoisotopic (exact) mass is 342 g/mol. The van der Waals surface area contributed by atoms with Crippen molar-refractivity contribution in [3.63, 3.8) is 0 Å². The van der Waals surface area contributed by atoms with Gasteiger partial charge in [-0.3, -0.25) is 14.4 Å². The quantitative estimate of drug-likeness (QED) is 0.449. The molecule has 0 spiro atoms. The molecule has 128 valence electrons. The highest BCUT2D eigenvalue weighted by Crippen LogP contribution is 2.13. The van der Waals surface area contributed by atoms with E-state index in [2.05, 4.69) is 21.2 Å². The minimum absolute atomic E-state index is 0.213. The number of hydrogen-bond acceptors (Lipinski definition) is 4. The number of hydrogen-bond donors (Lipinski definition) is 3. The number of nitrogens with zero attached hydrogens (tertiary/aromatic N) is 1. The van der Waals surface area contributed by atoms with Crippen molar-refractivity contribution in [2.24, 2.45) is 5.10 Å². The van der Waals surface area contributed by atoms with Gasteiger partial charge in [-0.15, -0.1) is 0 Å². The Bertz CT molecular complexity index is 802. The van der Waals surface area contributed by atoms with E-state index in [0.717, 1.165) is 0 Å². The predicted molar refractivity (Wildman–Crippen MR) is 91.5 cm³/mol. The van der Waals surface area contributed by atoms with Gasteiger partial charge in [0.25, 0.3) is 0 Å². The molecule has 3 N–H and O–H groups in total. The van der Waals surface area contributed by atoms with Crippen LogP contribution < -0.4 is 16.1 Å². The molecule has 0 aliphatic heterocycles. The van der Waals surface area contributed by atoms with Gasteiger partial charge in [0.15, 0.2) is 0 Å². The van der Waals surface area contributed by atoms with Crippen molar-refractivity contribution in [2.45, 2.75) is 6.92 Å². The van der Waals surface area contributed by atoms with Crippen LogP contribution in [0.5, 0.6) is 0 Å². The second-order valence-corrected chi connectivity index (χ2v) is 4.96. The van der Waals surface area contributed by atoms with Gasteiger partial charge in [-0.2, -0.15) is 5.10 Å². The van der Waals surface area contributed by atoms with E-state index in [1.807, 2.05) is 0 Å². The first kappa shape index (κ1) is 17.8. The standard InChI is InChI=1S/C17H15FN4O3/c1-11(23)20-14-6-8-15(9-7-14)21-16(24)17(25)22-19-10-12-2-4-13(18)5-3-12/h2-10H,1H3,(H,20,23)(H,21,24)(H,22,25)/b19-10+. The van der Waals surface area contributed by atoms with Crippen LogP contribution in [-0.2, 0) is 14.4 Å². The summed E-state index contributed by atoms with van der Waals surface area (Å²) in [6.45, 7) is 1.38. The van der Waals surface area contributed by atoms with Crippen molar-refractivity contribution in [3.05, 3.63) is 59.9 Å². The Labute approximate surface area is 142 Å². The fourth-order valence-corrected chi connectivity index (χ4v) is 1.79. The first-order chi connectivity index (χ1) is 11.9. The third kappa shape index (κ3) is 5.87. The highest BCUT2D eigenvalue weighted by atomic mass is 19.1. The summed E-state index contributed by atoms with van der Waals surface area (Å²) in [4.78, 5) is 34.3. The topological polar surface area (TPSA) is 99.7 Å². The molecule has 0 aliphatic carbocycles. The van der Waals surface area contributed by atoms with E-state index in [4.69, 9.17) is 0 Å². The van der Waals surface area contributed by atoms with Crippen LogP contribution in [0.3, 0.4) is 0 Å². The van der Waals surface area contributed by atoms with Crippen LogP contribution >= 0.6 is 0 Å². The van der Waals surface area contributed by atoms with Crippen molar-refractivity contribution in [3.8, 4) is 0 Å². The van der Waals surface area contributed by atoms with Gasteiger partial charge in [0.1, 0.15) is 5.82 Å². The molecule has 0 aromatic heterocycles. The zero-order chi connectivity index (χ0) is 18.2. The van der Waals surface area contributed by atoms with E-state index in [-0.39, 0.29) is 11.7 Å². The van der Waals surface area contributed by atoms with Crippen LogP contribution in [0.2, 0.25) is 0 Å².